The molecule has 0 bridgehead atoms. The van der Waals surface area contributed by atoms with Crippen molar-refractivity contribution in [2.75, 3.05) is 25.3 Å². The molecule has 1 fully saturated rings. The number of hydrogen-bond acceptors (Lipinski definition) is 6. The Balaban J connectivity index is 1.72. The summed E-state index contributed by atoms with van der Waals surface area (Å²) in [7, 11) is 1.29. The number of aliphatic hydroxyl groups is 1. The molecule has 2 unspecified atom stereocenters. The first kappa shape index (κ1) is 22.1. The van der Waals surface area contributed by atoms with Crippen LogP contribution in [-0.4, -0.2) is 43.5 Å². The second kappa shape index (κ2) is 10.0. The zero-order valence-corrected chi connectivity index (χ0v) is 18.2. The molecule has 1 N–H and O–H groups in total. The van der Waals surface area contributed by atoms with Crippen LogP contribution in [0.5, 0.6) is 11.5 Å². The van der Waals surface area contributed by atoms with Gasteiger partial charge in [0.15, 0.2) is 11.5 Å². The second-order valence-corrected chi connectivity index (χ2v) is 8.32. The molecule has 4 rings (SSSR count). The van der Waals surface area contributed by atoms with E-state index in [0.29, 0.717) is 22.7 Å². The van der Waals surface area contributed by atoms with Crippen LogP contribution in [0, 0.1) is 5.92 Å². The van der Waals surface area contributed by atoms with Gasteiger partial charge in [-0.3, -0.25) is 9.59 Å². The lowest BCUT2D eigenvalue weighted by Gasteiger charge is -2.34. The summed E-state index contributed by atoms with van der Waals surface area (Å²) < 4.78 is 15.8. The van der Waals surface area contributed by atoms with Crippen LogP contribution in [-0.2, 0) is 14.3 Å². The highest BCUT2D eigenvalue weighted by Gasteiger charge is 2.38. The molecule has 7 heteroatoms. The highest BCUT2D eigenvalue weighted by Crippen LogP contribution is 2.39. The molecule has 1 aliphatic carbocycles. The van der Waals surface area contributed by atoms with Crippen molar-refractivity contribution in [2.24, 2.45) is 5.92 Å². The van der Waals surface area contributed by atoms with Crippen LogP contribution in [0.1, 0.15) is 43.6 Å². The summed E-state index contributed by atoms with van der Waals surface area (Å²) in [6.07, 6.45) is 4.08. The number of ether oxygens (including phenoxy) is 3. The molecule has 0 spiro atoms. The Kier molecular flexibility index (Phi) is 6.95. The molecule has 0 aromatic heterocycles. The number of esters is 1. The van der Waals surface area contributed by atoms with Crippen LogP contribution in [0.4, 0.5) is 5.69 Å². The minimum Gasteiger partial charge on any atom is -0.468 e. The van der Waals surface area contributed by atoms with Gasteiger partial charge in [-0.2, -0.15) is 0 Å². The van der Waals surface area contributed by atoms with Crippen molar-refractivity contribution in [1.29, 1.82) is 0 Å². The SMILES string of the molecule is COC(=O)CN(C(=O)C(c1ccc2c(c1)OCO2)C(O)C1CCCCC1)c1ccccc1. The number of aliphatic hydroxyl groups excluding tert-OH is 1. The summed E-state index contributed by atoms with van der Waals surface area (Å²) in [6.45, 7) is -0.112. The van der Waals surface area contributed by atoms with Crippen molar-refractivity contribution in [3.63, 3.8) is 0 Å². The zero-order valence-electron chi connectivity index (χ0n) is 18.2. The molecular formula is C25H29NO6. The van der Waals surface area contributed by atoms with Gasteiger partial charge in [0.1, 0.15) is 6.54 Å². The van der Waals surface area contributed by atoms with E-state index < -0.39 is 18.0 Å². The van der Waals surface area contributed by atoms with Gasteiger partial charge < -0.3 is 24.2 Å². The summed E-state index contributed by atoms with van der Waals surface area (Å²) in [5, 5.41) is 11.5. The van der Waals surface area contributed by atoms with Gasteiger partial charge in [0.2, 0.25) is 12.7 Å². The minimum absolute atomic E-state index is 0.0128. The van der Waals surface area contributed by atoms with E-state index in [-0.39, 0.29) is 25.2 Å². The first-order chi connectivity index (χ1) is 15.6. The standard InChI is InChI=1S/C25H29NO6/c1-30-22(27)15-26(19-10-6-3-7-11-19)25(29)23(24(28)17-8-4-2-5-9-17)18-12-13-20-21(14-18)32-16-31-20/h3,6-7,10-14,17,23-24,28H,2,4-5,8-9,15-16H2,1H3. The van der Waals surface area contributed by atoms with Crippen molar-refractivity contribution in [3.8, 4) is 11.5 Å². The van der Waals surface area contributed by atoms with Crippen molar-refractivity contribution in [2.45, 2.75) is 44.1 Å². The molecule has 2 aliphatic rings. The molecule has 2 aromatic rings. The number of benzene rings is 2. The lowest BCUT2D eigenvalue weighted by molar-refractivity contribution is -0.140. The normalized spacial score (nSPS) is 17.4. The third-order valence-electron chi connectivity index (χ3n) is 6.34. The van der Waals surface area contributed by atoms with Crippen LogP contribution in [0.2, 0.25) is 0 Å². The first-order valence-electron chi connectivity index (χ1n) is 11.1. The predicted octanol–water partition coefficient (Wildman–Crippen LogP) is 3.65. The quantitative estimate of drug-likeness (QED) is 0.663. The van der Waals surface area contributed by atoms with Crippen LogP contribution >= 0.6 is 0 Å². The first-order valence-corrected chi connectivity index (χ1v) is 11.1. The minimum atomic E-state index is -0.882. The number of para-hydroxylation sites is 1. The molecule has 1 amide bonds. The molecule has 2 atom stereocenters. The van der Waals surface area contributed by atoms with E-state index in [1.807, 2.05) is 6.07 Å². The maximum Gasteiger partial charge on any atom is 0.325 e. The summed E-state index contributed by atoms with van der Waals surface area (Å²) in [5.41, 5.74) is 1.22. The van der Waals surface area contributed by atoms with E-state index in [9.17, 15) is 14.7 Å². The molecule has 1 aliphatic heterocycles. The summed E-state index contributed by atoms with van der Waals surface area (Å²) in [5.74, 6) is -0.550. The number of carbonyl (C=O) groups excluding carboxylic acids is 2. The molecule has 32 heavy (non-hydrogen) atoms. The molecule has 2 aromatic carbocycles. The van der Waals surface area contributed by atoms with Crippen molar-refractivity contribution in [1.82, 2.24) is 0 Å². The summed E-state index contributed by atoms with van der Waals surface area (Å²) in [4.78, 5) is 27.5. The fourth-order valence-electron chi connectivity index (χ4n) is 4.61. The van der Waals surface area contributed by atoms with E-state index in [1.54, 1.807) is 42.5 Å². The van der Waals surface area contributed by atoms with Crippen LogP contribution in [0.25, 0.3) is 0 Å². The monoisotopic (exact) mass is 439 g/mol. The number of fused-ring (bicyclic) bond motifs is 1. The summed E-state index contributed by atoms with van der Waals surface area (Å²) in [6, 6.07) is 14.3. The van der Waals surface area contributed by atoms with Gasteiger partial charge in [-0.05, 0) is 48.6 Å². The topological polar surface area (TPSA) is 85.3 Å². The Bertz CT molecular complexity index is 941. The maximum atomic E-state index is 14.0. The molecule has 0 radical (unpaired) electrons. The molecule has 1 heterocycles. The Morgan fingerprint density at radius 1 is 1.06 bits per heavy atom. The highest BCUT2D eigenvalue weighted by molar-refractivity contribution is 6.01. The molecule has 1 saturated carbocycles. The number of carbonyl (C=O) groups is 2. The molecule has 0 saturated heterocycles. The Hall–Kier alpha value is -3.06. The smallest absolute Gasteiger partial charge is 0.325 e. The number of rotatable bonds is 7. The number of methoxy groups -OCH3 is 1. The van der Waals surface area contributed by atoms with E-state index in [1.165, 1.54) is 12.0 Å². The van der Waals surface area contributed by atoms with Gasteiger partial charge in [0.25, 0.3) is 0 Å². The average Bonchev–Trinajstić information content (AvgIpc) is 3.31. The maximum absolute atomic E-state index is 14.0. The van der Waals surface area contributed by atoms with Crippen LogP contribution < -0.4 is 14.4 Å². The number of amides is 1. The Morgan fingerprint density at radius 3 is 2.50 bits per heavy atom. The van der Waals surface area contributed by atoms with E-state index in [2.05, 4.69) is 0 Å². The molecular weight excluding hydrogens is 410 g/mol. The molecule has 7 nitrogen and oxygen atoms in total. The van der Waals surface area contributed by atoms with Gasteiger partial charge >= 0.3 is 5.97 Å². The lowest BCUT2D eigenvalue weighted by Crippen LogP contribution is -2.45. The Labute approximate surface area is 187 Å². The van der Waals surface area contributed by atoms with Gasteiger partial charge in [-0.1, -0.05) is 43.5 Å². The van der Waals surface area contributed by atoms with Gasteiger partial charge in [0.05, 0.1) is 19.1 Å². The second-order valence-electron chi connectivity index (χ2n) is 8.32. The van der Waals surface area contributed by atoms with Crippen molar-refractivity contribution in [3.05, 3.63) is 54.1 Å². The van der Waals surface area contributed by atoms with E-state index in [0.717, 1.165) is 32.1 Å². The van der Waals surface area contributed by atoms with Gasteiger partial charge in [-0.15, -0.1) is 0 Å². The lowest BCUT2D eigenvalue weighted by atomic mass is 9.77. The third-order valence-corrected chi connectivity index (χ3v) is 6.34. The largest absolute Gasteiger partial charge is 0.468 e. The van der Waals surface area contributed by atoms with Gasteiger partial charge in [-0.25, -0.2) is 0 Å². The van der Waals surface area contributed by atoms with E-state index >= 15 is 0 Å². The van der Waals surface area contributed by atoms with Crippen LogP contribution in [0.15, 0.2) is 48.5 Å². The average molecular weight is 440 g/mol. The van der Waals surface area contributed by atoms with E-state index in [4.69, 9.17) is 14.2 Å². The zero-order chi connectivity index (χ0) is 22.5. The van der Waals surface area contributed by atoms with Crippen molar-refractivity contribution >= 4 is 17.6 Å². The number of nitrogens with zero attached hydrogens (tertiary/aromatic N) is 1. The van der Waals surface area contributed by atoms with Gasteiger partial charge in [0, 0.05) is 5.69 Å². The third kappa shape index (κ3) is 4.72. The molecule has 170 valence electrons. The number of hydrogen-bond donors (Lipinski definition) is 1. The fraction of sp³-hybridized carbons (Fsp3) is 0.440. The number of anilines is 1. The summed E-state index contributed by atoms with van der Waals surface area (Å²) >= 11 is 0. The van der Waals surface area contributed by atoms with Crippen LogP contribution in [0.3, 0.4) is 0 Å². The highest BCUT2D eigenvalue weighted by atomic mass is 16.7. The van der Waals surface area contributed by atoms with Crippen molar-refractivity contribution < 1.29 is 28.9 Å². The predicted molar refractivity (Wildman–Crippen MR) is 119 cm³/mol. The Morgan fingerprint density at radius 2 is 1.78 bits per heavy atom. The fourth-order valence-corrected chi connectivity index (χ4v) is 4.61.